The van der Waals surface area contributed by atoms with Crippen LogP contribution in [0, 0.1) is 0 Å². The summed E-state index contributed by atoms with van der Waals surface area (Å²) in [5.41, 5.74) is 0.501. The Hall–Kier alpha value is -3.02. The van der Waals surface area contributed by atoms with Crippen molar-refractivity contribution in [2.45, 2.75) is 6.04 Å². The molecule has 1 amide bonds. The van der Waals surface area contributed by atoms with E-state index in [1.165, 1.54) is 24.5 Å². The van der Waals surface area contributed by atoms with Crippen molar-refractivity contribution >= 4 is 11.7 Å². The van der Waals surface area contributed by atoms with Crippen molar-refractivity contribution in [1.82, 2.24) is 5.32 Å². The molecule has 1 aromatic carbocycles. The number of aliphatic hydroxyl groups is 1. The highest BCUT2D eigenvalue weighted by Crippen LogP contribution is 2.32. The van der Waals surface area contributed by atoms with E-state index in [4.69, 9.17) is 4.42 Å². The molecule has 0 saturated carbocycles. The van der Waals surface area contributed by atoms with Crippen LogP contribution in [-0.4, -0.2) is 21.9 Å². The fourth-order valence-corrected chi connectivity index (χ4v) is 2.23. The summed E-state index contributed by atoms with van der Waals surface area (Å²) in [5.74, 6) is -1.79. The molecule has 0 radical (unpaired) electrons. The van der Waals surface area contributed by atoms with Gasteiger partial charge in [0.2, 0.25) is 5.78 Å². The summed E-state index contributed by atoms with van der Waals surface area (Å²) in [6.45, 7) is 0. The number of nitrogens with one attached hydrogen (secondary N) is 1. The van der Waals surface area contributed by atoms with Crippen LogP contribution in [0.1, 0.15) is 22.2 Å². The number of carbonyl (C=O) groups is 2. The highest BCUT2D eigenvalue weighted by molar-refractivity contribution is 6.14. The zero-order chi connectivity index (χ0) is 15.0. The van der Waals surface area contributed by atoms with E-state index in [0.717, 1.165) is 0 Å². The lowest BCUT2D eigenvalue weighted by atomic mass is 9.96. The molecule has 1 aliphatic rings. The molecule has 0 fully saturated rings. The van der Waals surface area contributed by atoms with Crippen molar-refractivity contribution in [3.63, 3.8) is 0 Å². The van der Waals surface area contributed by atoms with E-state index in [0.29, 0.717) is 5.56 Å². The Morgan fingerprint density at radius 2 is 1.86 bits per heavy atom. The number of phenols is 1. The zero-order valence-corrected chi connectivity index (χ0v) is 10.7. The number of aromatic hydroxyl groups is 1. The van der Waals surface area contributed by atoms with Crippen LogP contribution in [0.4, 0.5) is 0 Å². The molecular weight excluding hydrogens is 274 g/mol. The SMILES string of the molecule is O=C1NC(c2ccc(O)cc2)C(C(=O)c2ccco2)=C1O. The molecule has 21 heavy (non-hydrogen) atoms. The number of rotatable bonds is 3. The molecule has 3 rings (SSSR count). The van der Waals surface area contributed by atoms with Gasteiger partial charge in [-0.05, 0) is 29.8 Å². The second-order valence-electron chi connectivity index (χ2n) is 4.57. The third kappa shape index (κ3) is 2.16. The second kappa shape index (κ2) is 4.82. The molecule has 0 aliphatic carbocycles. The van der Waals surface area contributed by atoms with Gasteiger partial charge in [0.05, 0.1) is 17.9 Å². The first-order valence-electron chi connectivity index (χ1n) is 6.19. The van der Waals surface area contributed by atoms with Gasteiger partial charge >= 0.3 is 0 Å². The Bertz CT molecular complexity index is 728. The Balaban J connectivity index is 2.03. The number of amides is 1. The second-order valence-corrected chi connectivity index (χ2v) is 4.57. The third-order valence-electron chi connectivity index (χ3n) is 3.25. The fraction of sp³-hybridized carbons (Fsp3) is 0.0667. The lowest BCUT2D eigenvalue weighted by Gasteiger charge is -2.13. The number of hydrogen-bond acceptors (Lipinski definition) is 5. The first-order valence-corrected chi connectivity index (χ1v) is 6.19. The topological polar surface area (TPSA) is 99.8 Å². The lowest BCUT2D eigenvalue weighted by Crippen LogP contribution is -2.23. The van der Waals surface area contributed by atoms with Crippen molar-refractivity contribution < 1.29 is 24.2 Å². The number of phenolic OH excluding ortho intramolecular Hbond substituents is 1. The van der Waals surface area contributed by atoms with E-state index < -0.39 is 23.5 Å². The zero-order valence-electron chi connectivity index (χ0n) is 10.7. The molecule has 0 bridgehead atoms. The van der Waals surface area contributed by atoms with Gasteiger partial charge in [0.25, 0.3) is 5.91 Å². The summed E-state index contributed by atoms with van der Waals surface area (Å²) in [7, 11) is 0. The smallest absolute Gasteiger partial charge is 0.287 e. The average molecular weight is 285 g/mol. The average Bonchev–Trinajstić information content (AvgIpc) is 3.09. The van der Waals surface area contributed by atoms with E-state index in [9.17, 15) is 19.8 Å². The van der Waals surface area contributed by atoms with Gasteiger partial charge in [0, 0.05) is 0 Å². The van der Waals surface area contributed by atoms with Gasteiger partial charge in [0.1, 0.15) is 5.75 Å². The maximum absolute atomic E-state index is 12.4. The minimum atomic E-state index is -0.782. The monoisotopic (exact) mass is 285 g/mol. The maximum Gasteiger partial charge on any atom is 0.287 e. The molecule has 1 aromatic heterocycles. The molecule has 1 atom stereocenters. The van der Waals surface area contributed by atoms with Gasteiger partial charge < -0.3 is 19.9 Å². The minimum Gasteiger partial charge on any atom is -0.508 e. The summed E-state index contributed by atoms with van der Waals surface area (Å²) in [6, 6.07) is 8.22. The number of benzene rings is 1. The Kier molecular flexibility index (Phi) is 2.98. The summed E-state index contributed by atoms with van der Waals surface area (Å²) in [4.78, 5) is 24.0. The number of furan rings is 1. The largest absolute Gasteiger partial charge is 0.508 e. The minimum absolute atomic E-state index is 0.0387. The van der Waals surface area contributed by atoms with Gasteiger partial charge in [-0.1, -0.05) is 12.1 Å². The van der Waals surface area contributed by atoms with Crippen LogP contribution in [0.5, 0.6) is 5.75 Å². The van der Waals surface area contributed by atoms with Gasteiger partial charge in [-0.25, -0.2) is 0 Å². The van der Waals surface area contributed by atoms with E-state index in [1.54, 1.807) is 18.2 Å². The number of ketones is 1. The van der Waals surface area contributed by atoms with Crippen LogP contribution >= 0.6 is 0 Å². The first-order chi connectivity index (χ1) is 10.1. The highest BCUT2D eigenvalue weighted by Gasteiger charge is 2.38. The molecular formula is C15H11NO5. The van der Waals surface area contributed by atoms with Crippen LogP contribution in [0.25, 0.3) is 0 Å². The summed E-state index contributed by atoms with van der Waals surface area (Å²) in [5, 5.41) is 21.7. The predicted octanol–water partition coefficient (Wildman–Crippen LogP) is 1.85. The molecule has 106 valence electrons. The van der Waals surface area contributed by atoms with Crippen LogP contribution in [0.3, 0.4) is 0 Å². The molecule has 2 heterocycles. The molecule has 0 spiro atoms. The fourth-order valence-electron chi connectivity index (χ4n) is 2.23. The number of hydrogen-bond donors (Lipinski definition) is 3. The highest BCUT2D eigenvalue weighted by atomic mass is 16.3. The first kappa shape index (κ1) is 13.0. The Labute approximate surface area is 119 Å². The standard InChI is InChI=1S/C15H11NO5/c17-9-5-3-8(4-6-9)12-11(14(19)15(20)16-12)13(18)10-2-1-7-21-10/h1-7,12,17,19H,(H,16,20). The number of Topliss-reactive ketones (excluding diaryl/α,β-unsaturated/α-hetero) is 1. The third-order valence-corrected chi connectivity index (χ3v) is 3.25. The van der Waals surface area contributed by atoms with Crippen LogP contribution in [-0.2, 0) is 4.79 Å². The molecule has 1 aliphatic heterocycles. The van der Waals surface area contributed by atoms with E-state index >= 15 is 0 Å². The molecule has 6 nitrogen and oxygen atoms in total. The molecule has 1 unspecified atom stereocenters. The maximum atomic E-state index is 12.4. The van der Waals surface area contributed by atoms with Gasteiger partial charge in [-0.3, -0.25) is 9.59 Å². The summed E-state index contributed by atoms with van der Waals surface area (Å²) >= 11 is 0. The summed E-state index contributed by atoms with van der Waals surface area (Å²) < 4.78 is 5.02. The van der Waals surface area contributed by atoms with Crippen LogP contribution in [0.2, 0.25) is 0 Å². The van der Waals surface area contributed by atoms with Crippen molar-refractivity contribution in [2.24, 2.45) is 0 Å². The molecule has 6 heteroatoms. The molecule has 3 N–H and O–H groups in total. The van der Waals surface area contributed by atoms with Crippen LogP contribution in [0.15, 0.2) is 58.4 Å². The molecule has 0 saturated heterocycles. The lowest BCUT2D eigenvalue weighted by molar-refractivity contribution is -0.119. The normalized spacial score (nSPS) is 17.9. The van der Waals surface area contributed by atoms with Crippen LogP contribution < -0.4 is 5.32 Å². The quantitative estimate of drug-likeness (QED) is 0.747. The number of carbonyl (C=O) groups excluding carboxylic acids is 2. The predicted molar refractivity (Wildman–Crippen MR) is 71.7 cm³/mol. The van der Waals surface area contributed by atoms with Crippen molar-refractivity contribution in [3.8, 4) is 5.75 Å². The van der Waals surface area contributed by atoms with E-state index in [-0.39, 0.29) is 17.1 Å². The Morgan fingerprint density at radius 1 is 1.14 bits per heavy atom. The summed E-state index contributed by atoms with van der Waals surface area (Å²) in [6.07, 6.45) is 1.34. The van der Waals surface area contributed by atoms with Crippen molar-refractivity contribution in [2.75, 3.05) is 0 Å². The Morgan fingerprint density at radius 3 is 2.48 bits per heavy atom. The van der Waals surface area contributed by atoms with Gasteiger partial charge in [0.15, 0.2) is 11.5 Å². The van der Waals surface area contributed by atoms with Crippen molar-refractivity contribution in [1.29, 1.82) is 0 Å². The van der Waals surface area contributed by atoms with E-state index in [1.807, 2.05) is 0 Å². The van der Waals surface area contributed by atoms with Crippen molar-refractivity contribution in [3.05, 3.63) is 65.3 Å². The number of aliphatic hydroxyl groups excluding tert-OH is 1. The van der Waals surface area contributed by atoms with Gasteiger partial charge in [-0.2, -0.15) is 0 Å². The molecule has 2 aromatic rings. The van der Waals surface area contributed by atoms with E-state index in [2.05, 4.69) is 5.32 Å². The van der Waals surface area contributed by atoms with Gasteiger partial charge in [-0.15, -0.1) is 0 Å².